The van der Waals surface area contributed by atoms with Crippen LogP contribution in [0, 0.1) is 0 Å². The van der Waals surface area contributed by atoms with Crippen molar-refractivity contribution in [2.45, 2.75) is 39.1 Å². The van der Waals surface area contributed by atoms with Crippen LogP contribution in [0.5, 0.6) is 0 Å². The Morgan fingerprint density at radius 2 is 1.89 bits per heavy atom. The molecule has 2 rings (SSSR count). The van der Waals surface area contributed by atoms with E-state index in [-0.39, 0.29) is 6.61 Å². The first-order valence-electron chi connectivity index (χ1n) is 9.08. The van der Waals surface area contributed by atoms with Gasteiger partial charge < -0.3 is 14.7 Å². The maximum Gasteiger partial charge on any atom is 0.154 e. The molecule has 0 unspecified atom stereocenters. The molecular formula is C20H29ClN4O2. The Balaban J connectivity index is 2.15. The second-order valence-corrected chi connectivity index (χ2v) is 7.29. The fourth-order valence-corrected chi connectivity index (χ4v) is 2.90. The summed E-state index contributed by atoms with van der Waals surface area (Å²) >= 11 is 6.41. The van der Waals surface area contributed by atoms with Crippen molar-refractivity contribution in [3.63, 3.8) is 0 Å². The van der Waals surface area contributed by atoms with Gasteiger partial charge in [-0.2, -0.15) is 0 Å². The summed E-state index contributed by atoms with van der Waals surface area (Å²) in [6.07, 6.45) is 1.16. The fraction of sp³-hybridized carbons (Fsp3) is 0.500. The van der Waals surface area contributed by atoms with Gasteiger partial charge in [-0.05, 0) is 19.4 Å². The third-order valence-electron chi connectivity index (χ3n) is 4.37. The topological polar surface area (TPSA) is 61.7 Å². The number of nitrogens with zero attached hydrogens (tertiary/aromatic N) is 4. The Morgan fingerprint density at radius 1 is 1.19 bits per heavy atom. The van der Waals surface area contributed by atoms with Crippen LogP contribution in [0.1, 0.15) is 25.1 Å². The lowest BCUT2D eigenvalue weighted by molar-refractivity contribution is 0.0335. The number of halogens is 1. The molecule has 0 radical (unpaired) electrons. The molecule has 0 fully saturated rings. The van der Waals surface area contributed by atoms with Gasteiger partial charge in [0.15, 0.2) is 5.15 Å². The van der Waals surface area contributed by atoms with E-state index < -0.39 is 6.10 Å². The maximum atomic E-state index is 10.2. The van der Waals surface area contributed by atoms with E-state index in [0.717, 1.165) is 11.4 Å². The average Bonchev–Trinajstić information content (AvgIpc) is 2.63. The lowest BCUT2D eigenvalue weighted by Gasteiger charge is -2.26. The van der Waals surface area contributed by atoms with Crippen LogP contribution in [0.15, 0.2) is 36.5 Å². The number of hydrogen-bond acceptors (Lipinski definition) is 6. The SMILES string of the molecule is COC[C@H](O)CN(Cc1ccccc1)Cc1ncc(N(C)C(C)C)nc1Cl. The van der Waals surface area contributed by atoms with E-state index in [1.54, 1.807) is 13.3 Å². The minimum Gasteiger partial charge on any atom is -0.389 e. The summed E-state index contributed by atoms with van der Waals surface area (Å²) in [5.41, 5.74) is 1.85. The zero-order chi connectivity index (χ0) is 19.8. The molecule has 7 heteroatoms. The molecule has 6 nitrogen and oxygen atoms in total. The molecule has 0 aliphatic carbocycles. The number of aromatic nitrogens is 2. The summed E-state index contributed by atoms with van der Waals surface area (Å²) in [5.74, 6) is 0.743. The van der Waals surface area contributed by atoms with Crippen LogP contribution in [0.4, 0.5) is 5.82 Å². The molecule has 2 aromatic rings. The van der Waals surface area contributed by atoms with Gasteiger partial charge >= 0.3 is 0 Å². The highest BCUT2D eigenvalue weighted by atomic mass is 35.5. The standard InChI is InChI=1S/C20H29ClN4O2/c1-15(2)24(3)19-10-22-18(20(21)23-19)13-25(12-17(26)14-27-4)11-16-8-6-5-7-9-16/h5-10,15,17,26H,11-14H2,1-4H3/t17-/m1/s1. The second-order valence-electron chi connectivity index (χ2n) is 6.93. The minimum absolute atomic E-state index is 0.281. The predicted octanol–water partition coefficient (Wildman–Crippen LogP) is 2.98. The van der Waals surface area contributed by atoms with E-state index in [1.165, 1.54) is 0 Å². The first-order valence-corrected chi connectivity index (χ1v) is 9.46. The molecule has 0 bridgehead atoms. The Labute approximate surface area is 166 Å². The van der Waals surface area contributed by atoms with Crippen LogP contribution in [0.25, 0.3) is 0 Å². The molecule has 1 aromatic carbocycles. The van der Waals surface area contributed by atoms with Gasteiger partial charge in [0.1, 0.15) is 5.82 Å². The lowest BCUT2D eigenvalue weighted by Crippen LogP contribution is -2.34. The van der Waals surface area contributed by atoms with E-state index in [1.807, 2.05) is 30.1 Å². The van der Waals surface area contributed by atoms with Crippen molar-refractivity contribution in [3.8, 4) is 0 Å². The van der Waals surface area contributed by atoms with Gasteiger partial charge in [0.25, 0.3) is 0 Å². The van der Waals surface area contributed by atoms with Crippen molar-refractivity contribution in [2.75, 3.05) is 32.2 Å². The summed E-state index contributed by atoms with van der Waals surface area (Å²) in [6.45, 7) is 6.07. The summed E-state index contributed by atoms with van der Waals surface area (Å²) in [5, 5.41) is 10.6. The zero-order valence-electron chi connectivity index (χ0n) is 16.5. The van der Waals surface area contributed by atoms with Gasteiger partial charge in [0.05, 0.1) is 24.6 Å². The molecule has 1 heterocycles. The first-order chi connectivity index (χ1) is 12.9. The third kappa shape index (κ3) is 6.74. The Bertz CT molecular complexity index is 700. The van der Waals surface area contributed by atoms with Crippen LogP contribution in [-0.4, -0.2) is 59.4 Å². The van der Waals surface area contributed by atoms with Crippen LogP contribution in [-0.2, 0) is 17.8 Å². The van der Waals surface area contributed by atoms with Crippen LogP contribution in [0.3, 0.4) is 0 Å². The molecule has 1 aromatic heterocycles. The van der Waals surface area contributed by atoms with Crippen LogP contribution < -0.4 is 4.90 Å². The lowest BCUT2D eigenvalue weighted by atomic mass is 10.2. The Kier molecular flexibility index (Phi) is 8.44. The molecule has 0 spiro atoms. The highest BCUT2D eigenvalue weighted by Gasteiger charge is 2.17. The van der Waals surface area contributed by atoms with Gasteiger partial charge in [0, 0.05) is 39.8 Å². The maximum absolute atomic E-state index is 10.2. The average molecular weight is 393 g/mol. The van der Waals surface area contributed by atoms with Gasteiger partial charge in [-0.1, -0.05) is 41.9 Å². The molecule has 0 amide bonds. The largest absolute Gasteiger partial charge is 0.389 e. The van der Waals surface area contributed by atoms with Crippen molar-refractivity contribution < 1.29 is 9.84 Å². The number of aliphatic hydroxyl groups excluding tert-OH is 1. The predicted molar refractivity (Wildman–Crippen MR) is 109 cm³/mol. The van der Waals surface area contributed by atoms with Crippen LogP contribution >= 0.6 is 11.6 Å². The number of benzene rings is 1. The Morgan fingerprint density at radius 3 is 2.48 bits per heavy atom. The summed E-state index contributed by atoms with van der Waals surface area (Å²) in [6, 6.07) is 10.4. The molecule has 0 aliphatic heterocycles. The second kappa shape index (κ2) is 10.6. The fourth-order valence-electron chi connectivity index (χ4n) is 2.70. The smallest absolute Gasteiger partial charge is 0.154 e. The number of ether oxygens (including phenoxy) is 1. The third-order valence-corrected chi connectivity index (χ3v) is 4.68. The molecule has 0 saturated heterocycles. The normalized spacial score (nSPS) is 12.6. The van der Waals surface area contributed by atoms with Gasteiger partial charge in [-0.3, -0.25) is 9.88 Å². The van der Waals surface area contributed by atoms with Crippen LogP contribution in [0.2, 0.25) is 5.15 Å². The first kappa shape index (κ1) is 21.6. The summed E-state index contributed by atoms with van der Waals surface area (Å²) in [4.78, 5) is 13.1. The van der Waals surface area contributed by atoms with E-state index >= 15 is 0 Å². The number of hydrogen-bond donors (Lipinski definition) is 1. The number of methoxy groups -OCH3 is 1. The van der Waals surface area contributed by atoms with Crippen molar-refractivity contribution in [3.05, 3.63) is 52.9 Å². The zero-order valence-corrected chi connectivity index (χ0v) is 17.2. The Hall–Kier alpha value is -1.73. The molecule has 0 saturated carbocycles. The molecule has 1 atom stereocenters. The number of aliphatic hydroxyl groups is 1. The van der Waals surface area contributed by atoms with Crippen molar-refractivity contribution >= 4 is 17.4 Å². The molecule has 148 valence electrons. The van der Waals surface area contributed by atoms with Gasteiger partial charge in [-0.25, -0.2) is 4.98 Å². The molecule has 0 aliphatic rings. The summed E-state index contributed by atoms with van der Waals surface area (Å²) in [7, 11) is 3.55. The number of anilines is 1. The van der Waals surface area contributed by atoms with Crippen molar-refractivity contribution in [1.82, 2.24) is 14.9 Å². The molecule has 1 N–H and O–H groups in total. The monoisotopic (exact) mass is 392 g/mol. The number of rotatable bonds is 10. The van der Waals surface area contributed by atoms with E-state index in [9.17, 15) is 5.11 Å². The van der Waals surface area contributed by atoms with Gasteiger partial charge in [-0.15, -0.1) is 0 Å². The van der Waals surface area contributed by atoms with E-state index in [4.69, 9.17) is 16.3 Å². The highest BCUT2D eigenvalue weighted by molar-refractivity contribution is 6.30. The summed E-state index contributed by atoms with van der Waals surface area (Å²) < 4.78 is 5.06. The van der Waals surface area contributed by atoms with Crippen molar-refractivity contribution in [1.29, 1.82) is 0 Å². The quantitative estimate of drug-likeness (QED) is 0.670. The van der Waals surface area contributed by atoms with Crippen molar-refractivity contribution in [2.24, 2.45) is 0 Å². The van der Waals surface area contributed by atoms with E-state index in [2.05, 4.69) is 40.8 Å². The molecular weight excluding hydrogens is 364 g/mol. The van der Waals surface area contributed by atoms with Gasteiger partial charge in [0.2, 0.25) is 0 Å². The highest BCUT2D eigenvalue weighted by Crippen LogP contribution is 2.20. The molecule has 27 heavy (non-hydrogen) atoms. The minimum atomic E-state index is -0.586. The van der Waals surface area contributed by atoms with E-state index in [0.29, 0.717) is 36.5 Å².